The number of hydrogen-bond donors (Lipinski definition) is 1. The summed E-state index contributed by atoms with van der Waals surface area (Å²) in [7, 11) is 0. The minimum Gasteiger partial charge on any atom is -0.219 e. The Morgan fingerprint density at radius 3 is 1.32 bits per heavy atom. The molecule has 0 radical (unpaired) electrons. The second-order valence-electron chi connectivity index (χ2n) is 6.47. The lowest BCUT2D eigenvalue weighted by Crippen LogP contribution is -2.00. The molecule has 0 amide bonds. The van der Waals surface area contributed by atoms with Crippen LogP contribution in [0.25, 0.3) is 0 Å². The molecule has 0 bridgehead atoms. The summed E-state index contributed by atoms with van der Waals surface area (Å²) < 4.78 is 0. The molecule has 0 saturated heterocycles. The fourth-order valence-corrected chi connectivity index (χ4v) is 2.80. The third-order valence-corrected chi connectivity index (χ3v) is 4.24. The highest BCUT2D eigenvalue weighted by Crippen LogP contribution is 2.13. The summed E-state index contributed by atoms with van der Waals surface area (Å²) in [5.74, 6) is 0. The minimum atomic E-state index is 0.405. The topological polar surface area (TPSA) is 75.6 Å². The first kappa shape index (κ1) is 24.7. The number of hydrogen-bond acceptors (Lipinski definition) is 7. The molecule has 0 aliphatic rings. The van der Waals surface area contributed by atoms with Crippen molar-refractivity contribution in [2.45, 2.75) is 110 Å². The molecule has 0 heterocycles. The summed E-state index contributed by atoms with van der Waals surface area (Å²) in [6, 6.07) is 0. The summed E-state index contributed by atoms with van der Waals surface area (Å²) in [6.07, 6.45) is 21.2. The lowest BCUT2D eigenvalue weighted by atomic mass is 10.0. The van der Waals surface area contributed by atoms with Crippen LogP contribution < -0.4 is 0 Å². The van der Waals surface area contributed by atoms with Crippen molar-refractivity contribution < 1.29 is 35.3 Å². The van der Waals surface area contributed by atoms with Crippen molar-refractivity contribution in [1.29, 1.82) is 0 Å². The maximum absolute atomic E-state index is 7.70. The van der Waals surface area contributed by atoms with Crippen LogP contribution in [0, 0.1) is 0 Å². The van der Waals surface area contributed by atoms with E-state index in [1.54, 1.807) is 0 Å². The largest absolute Gasteiger partial charge is 0.219 e. The van der Waals surface area contributed by atoms with Crippen LogP contribution in [0.4, 0.5) is 0 Å². The smallest absolute Gasteiger partial charge is 0.0855 e. The maximum Gasteiger partial charge on any atom is 0.0855 e. The fourth-order valence-electron chi connectivity index (χ4n) is 2.80. The molecule has 1 N–H and O–H groups in total. The molecule has 0 aliphatic heterocycles. The van der Waals surface area contributed by atoms with Gasteiger partial charge in [-0.25, -0.2) is 10.1 Å². The molecule has 25 heavy (non-hydrogen) atoms. The molecular formula is C18H38O7. The predicted molar refractivity (Wildman–Crippen MR) is 93.6 cm³/mol. The predicted octanol–water partition coefficient (Wildman–Crippen LogP) is 6.40. The van der Waals surface area contributed by atoms with Crippen molar-refractivity contribution in [3.63, 3.8) is 0 Å². The van der Waals surface area contributed by atoms with Gasteiger partial charge in [0.25, 0.3) is 0 Å². The van der Waals surface area contributed by atoms with Gasteiger partial charge in [-0.3, -0.25) is 0 Å². The third kappa shape index (κ3) is 23.7. The number of rotatable bonds is 22. The average Bonchev–Trinajstić information content (AvgIpc) is 2.63. The van der Waals surface area contributed by atoms with Gasteiger partial charge in [0.15, 0.2) is 0 Å². The molecule has 0 unspecified atom stereocenters. The van der Waals surface area contributed by atoms with Gasteiger partial charge >= 0.3 is 0 Å². The Labute approximate surface area is 152 Å². The van der Waals surface area contributed by atoms with Gasteiger partial charge in [-0.2, -0.15) is 0 Å². The van der Waals surface area contributed by atoms with Gasteiger partial charge in [0.2, 0.25) is 0 Å². The number of unbranched alkanes of at least 4 members (excludes halogenated alkanes) is 15. The zero-order valence-corrected chi connectivity index (χ0v) is 15.9. The standard InChI is InChI=1S/C18H38O7/c1-2-3-4-5-6-7-8-9-10-11-12-13-14-15-16-17-18-20-22-24-25-23-21-19/h19H,2-18H2,1H3. The van der Waals surface area contributed by atoms with E-state index < -0.39 is 0 Å². The molecule has 0 spiro atoms. The van der Waals surface area contributed by atoms with Gasteiger partial charge in [0, 0.05) is 0 Å². The highest BCUT2D eigenvalue weighted by Gasteiger charge is 1.96. The quantitative estimate of drug-likeness (QED) is 0.135. The molecule has 152 valence electrons. The summed E-state index contributed by atoms with van der Waals surface area (Å²) in [5.41, 5.74) is 0. The van der Waals surface area contributed by atoms with E-state index >= 15 is 0 Å². The highest BCUT2D eigenvalue weighted by atomic mass is 17.9. The summed E-state index contributed by atoms with van der Waals surface area (Å²) in [4.78, 5) is 4.63. The van der Waals surface area contributed by atoms with Crippen LogP contribution in [0.3, 0.4) is 0 Å². The van der Waals surface area contributed by atoms with Crippen molar-refractivity contribution in [3.05, 3.63) is 0 Å². The lowest BCUT2D eigenvalue weighted by Gasteiger charge is -2.03. The van der Waals surface area contributed by atoms with Gasteiger partial charge in [-0.1, -0.05) is 103 Å². The Kier molecular flexibility index (Phi) is 23.5. The van der Waals surface area contributed by atoms with Gasteiger partial charge in [0.05, 0.1) is 6.61 Å². The van der Waals surface area contributed by atoms with Crippen molar-refractivity contribution in [1.82, 2.24) is 0 Å². The summed E-state index contributed by atoms with van der Waals surface area (Å²) >= 11 is 0. The van der Waals surface area contributed by atoms with E-state index in [2.05, 4.69) is 37.0 Å². The normalized spacial score (nSPS) is 11.3. The Bertz CT molecular complexity index is 207. The first-order valence-corrected chi connectivity index (χ1v) is 10.0. The van der Waals surface area contributed by atoms with E-state index in [1.165, 1.54) is 89.9 Å². The molecule has 0 aromatic carbocycles. The second kappa shape index (κ2) is 23.7. The second-order valence-corrected chi connectivity index (χ2v) is 6.47. The lowest BCUT2D eigenvalue weighted by molar-refractivity contribution is -0.787. The van der Waals surface area contributed by atoms with Crippen LogP contribution in [0.5, 0.6) is 0 Å². The first-order valence-electron chi connectivity index (χ1n) is 10.0. The van der Waals surface area contributed by atoms with E-state index in [0.29, 0.717) is 6.61 Å². The Morgan fingerprint density at radius 1 is 0.480 bits per heavy atom. The van der Waals surface area contributed by atoms with E-state index in [1.807, 2.05) is 0 Å². The van der Waals surface area contributed by atoms with Crippen LogP contribution in [-0.2, 0) is 30.1 Å². The molecule has 0 saturated carbocycles. The Hall–Kier alpha value is -0.280. The monoisotopic (exact) mass is 366 g/mol. The van der Waals surface area contributed by atoms with Crippen molar-refractivity contribution in [2.75, 3.05) is 6.61 Å². The molecule has 0 fully saturated rings. The van der Waals surface area contributed by atoms with E-state index in [-0.39, 0.29) is 0 Å². The van der Waals surface area contributed by atoms with Crippen molar-refractivity contribution in [2.24, 2.45) is 0 Å². The average molecular weight is 366 g/mol. The summed E-state index contributed by atoms with van der Waals surface area (Å²) in [6.45, 7) is 2.67. The van der Waals surface area contributed by atoms with Gasteiger partial charge in [-0.15, -0.1) is 0 Å². The van der Waals surface area contributed by atoms with Crippen LogP contribution in [0.1, 0.15) is 110 Å². The molecule has 0 rings (SSSR count). The Balaban J connectivity index is 2.94. The fraction of sp³-hybridized carbons (Fsp3) is 1.00. The first-order chi connectivity index (χ1) is 12.4. The molecule has 7 nitrogen and oxygen atoms in total. The third-order valence-electron chi connectivity index (χ3n) is 4.24. The van der Waals surface area contributed by atoms with Crippen LogP contribution >= 0.6 is 0 Å². The molecule has 7 heteroatoms. The molecular weight excluding hydrogens is 328 g/mol. The van der Waals surface area contributed by atoms with Gasteiger partial charge < -0.3 is 0 Å². The maximum atomic E-state index is 7.70. The molecule has 0 atom stereocenters. The highest BCUT2D eigenvalue weighted by molar-refractivity contribution is 4.49. The van der Waals surface area contributed by atoms with Crippen molar-refractivity contribution in [3.8, 4) is 0 Å². The zero-order chi connectivity index (χ0) is 18.3. The zero-order valence-electron chi connectivity index (χ0n) is 15.9. The van der Waals surface area contributed by atoms with Gasteiger partial charge in [-0.05, 0) is 31.6 Å². The van der Waals surface area contributed by atoms with Gasteiger partial charge in [0.1, 0.15) is 0 Å². The van der Waals surface area contributed by atoms with Crippen LogP contribution in [-0.4, -0.2) is 11.9 Å². The van der Waals surface area contributed by atoms with E-state index in [4.69, 9.17) is 5.26 Å². The van der Waals surface area contributed by atoms with Crippen molar-refractivity contribution >= 4 is 0 Å². The Morgan fingerprint density at radius 2 is 0.880 bits per heavy atom. The molecule has 0 aliphatic carbocycles. The molecule has 0 aromatic rings. The SMILES string of the molecule is CCCCCCCCCCCCCCCCCCOOOOOOO. The van der Waals surface area contributed by atoms with Crippen LogP contribution in [0.15, 0.2) is 0 Å². The van der Waals surface area contributed by atoms with E-state index in [0.717, 1.165) is 12.8 Å². The minimum absolute atomic E-state index is 0.405. The van der Waals surface area contributed by atoms with E-state index in [9.17, 15) is 0 Å². The molecule has 0 aromatic heterocycles. The van der Waals surface area contributed by atoms with Crippen LogP contribution in [0.2, 0.25) is 0 Å². The summed E-state index contributed by atoms with van der Waals surface area (Å²) in [5, 5.41) is 26.0.